The van der Waals surface area contributed by atoms with E-state index < -0.39 is 35.7 Å². The van der Waals surface area contributed by atoms with Crippen LogP contribution in [-0.4, -0.2) is 46.2 Å². The third kappa shape index (κ3) is 5.75. The summed E-state index contributed by atoms with van der Waals surface area (Å²) in [5.41, 5.74) is 5.37. The second-order valence-corrected chi connectivity index (χ2v) is 9.35. The summed E-state index contributed by atoms with van der Waals surface area (Å²) in [5.74, 6) is -1.90. The molecule has 2 heterocycles. The van der Waals surface area contributed by atoms with Gasteiger partial charge in [0.2, 0.25) is 17.7 Å². The highest BCUT2D eigenvalue weighted by atomic mass is 35.5. The van der Waals surface area contributed by atoms with Crippen molar-refractivity contribution in [2.75, 3.05) is 0 Å². The first-order valence-corrected chi connectivity index (χ1v) is 10.5. The molecular formula is C20H28ClN5O4. The summed E-state index contributed by atoms with van der Waals surface area (Å²) in [6, 6.07) is -0.348. The zero-order valence-corrected chi connectivity index (χ0v) is 17.8. The van der Waals surface area contributed by atoms with Crippen LogP contribution in [0.15, 0.2) is 12.3 Å². The SMILES string of the molecule is CC1(C)C[C@@H](C[C@H](NC(=O)[C@H](CC2CC2)NC(=O)c2cc(Cl)c[nH]2)C(N)=O)C(=O)N1. The summed E-state index contributed by atoms with van der Waals surface area (Å²) in [5, 5.41) is 8.60. The van der Waals surface area contributed by atoms with Crippen LogP contribution in [0.4, 0.5) is 0 Å². The molecule has 0 unspecified atom stereocenters. The minimum Gasteiger partial charge on any atom is -0.368 e. The molecule has 3 atom stereocenters. The number of halogens is 1. The molecule has 2 aliphatic rings. The normalized spacial score (nSPS) is 22.1. The van der Waals surface area contributed by atoms with Crippen LogP contribution in [0.25, 0.3) is 0 Å². The standard InChI is InChI=1S/C20H28ClN5O4/c1-20(2)8-11(17(28)26-20)6-13(16(22)27)24-19(30)15(5-10-3-4-10)25-18(29)14-7-12(21)9-23-14/h7,9-11,13,15,23H,3-6,8H2,1-2H3,(H2,22,27)(H,24,30)(H,25,29)(H,26,28)/t11-,13+,15+/m1/s1. The molecule has 9 nitrogen and oxygen atoms in total. The molecule has 0 bridgehead atoms. The molecule has 0 aromatic carbocycles. The van der Waals surface area contributed by atoms with Crippen molar-refractivity contribution in [3.63, 3.8) is 0 Å². The van der Waals surface area contributed by atoms with E-state index in [1.54, 1.807) is 0 Å². The molecule has 6 N–H and O–H groups in total. The Balaban J connectivity index is 1.65. The molecule has 1 aliphatic heterocycles. The predicted molar refractivity (Wildman–Crippen MR) is 110 cm³/mol. The second kappa shape index (κ2) is 8.67. The number of hydrogen-bond donors (Lipinski definition) is 5. The van der Waals surface area contributed by atoms with Gasteiger partial charge in [-0.1, -0.05) is 24.4 Å². The van der Waals surface area contributed by atoms with Crippen LogP contribution >= 0.6 is 11.6 Å². The fraction of sp³-hybridized carbons (Fsp3) is 0.600. The van der Waals surface area contributed by atoms with E-state index >= 15 is 0 Å². The summed E-state index contributed by atoms with van der Waals surface area (Å²) in [6.07, 6.45) is 4.58. The van der Waals surface area contributed by atoms with E-state index in [0.717, 1.165) is 12.8 Å². The molecule has 2 fully saturated rings. The number of amides is 4. The highest BCUT2D eigenvalue weighted by molar-refractivity contribution is 6.31. The highest BCUT2D eigenvalue weighted by Gasteiger charge is 2.40. The minimum absolute atomic E-state index is 0.118. The summed E-state index contributed by atoms with van der Waals surface area (Å²) in [7, 11) is 0. The van der Waals surface area contributed by atoms with Crippen molar-refractivity contribution in [3.05, 3.63) is 23.0 Å². The number of primary amides is 1. The number of nitrogens with two attached hydrogens (primary N) is 1. The summed E-state index contributed by atoms with van der Waals surface area (Å²) in [6.45, 7) is 3.80. The second-order valence-electron chi connectivity index (χ2n) is 8.91. The Hall–Kier alpha value is -2.55. The molecule has 1 aliphatic carbocycles. The van der Waals surface area contributed by atoms with Crippen LogP contribution < -0.4 is 21.7 Å². The molecule has 0 spiro atoms. The van der Waals surface area contributed by atoms with Crippen molar-refractivity contribution in [1.29, 1.82) is 0 Å². The molecule has 0 radical (unpaired) electrons. The van der Waals surface area contributed by atoms with E-state index in [9.17, 15) is 19.2 Å². The lowest BCUT2D eigenvalue weighted by atomic mass is 9.91. The Labute approximate surface area is 179 Å². The van der Waals surface area contributed by atoms with Gasteiger partial charge in [0.1, 0.15) is 17.8 Å². The fourth-order valence-corrected chi connectivity index (χ4v) is 4.01. The molecule has 4 amide bonds. The Morgan fingerprint density at radius 2 is 1.93 bits per heavy atom. The first-order valence-electron chi connectivity index (χ1n) is 10.1. The van der Waals surface area contributed by atoms with Crippen LogP contribution in [0.5, 0.6) is 0 Å². The smallest absolute Gasteiger partial charge is 0.268 e. The van der Waals surface area contributed by atoms with Gasteiger partial charge in [-0.25, -0.2) is 0 Å². The maximum Gasteiger partial charge on any atom is 0.268 e. The van der Waals surface area contributed by atoms with Crippen molar-refractivity contribution in [2.45, 2.75) is 63.6 Å². The third-order valence-electron chi connectivity index (χ3n) is 5.55. The lowest BCUT2D eigenvalue weighted by Crippen LogP contribution is -2.53. The van der Waals surface area contributed by atoms with E-state index in [1.165, 1.54) is 12.3 Å². The molecule has 1 saturated heterocycles. The molecule has 30 heavy (non-hydrogen) atoms. The number of nitrogens with one attached hydrogen (secondary N) is 4. The molecular weight excluding hydrogens is 410 g/mol. The minimum atomic E-state index is -0.999. The summed E-state index contributed by atoms with van der Waals surface area (Å²) in [4.78, 5) is 52.3. The molecule has 1 aromatic rings. The van der Waals surface area contributed by atoms with E-state index in [4.69, 9.17) is 17.3 Å². The van der Waals surface area contributed by atoms with Crippen LogP contribution in [0.3, 0.4) is 0 Å². The van der Waals surface area contributed by atoms with Crippen LogP contribution in [0, 0.1) is 11.8 Å². The number of hydrogen-bond acceptors (Lipinski definition) is 4. The Morgan fingerprint density at radius 3 is 2.43 bits per heavy atom. The Morgan fingerprint density at radius 1 is 1.23 bits per heavy atom. The van der Waals surface area contributed by atoms with E-state index in [0.29, 0.717) is 23.8 Å². The van der Waals surface area contributed by atoms with Crippen molar-refractivity contribution >= 4 is 35.2 Å². The Kier molecular flexibility index (Phi) is 6.40. The van der Waals surface area contributed by atoms with Gasteiger partial charge in [-0.2, -0.15) is 0 Å². The van der Waals surface area contributed by atoms with E-state index in [2.05, 4.69) is 20.9 Å². The number of rotatable bonds is 9. The lowest BCUT2D eigenvalue weighted by molar-refractivity contribution is -0.130. The summed E-state index contributed by atoms with van der Waals surface area (Å²) >= 11 is 5.84. The average molecular weight is 438 g/mol. The van der Waals surface area contributed by atoms with E-state index in [1.807, 2.05) is 13.8 Å². The van der Waals surface area contributed by atoms with Crippen LogP contribution in [0.1, 0.15) is 56.4 Å². The first-order chi connectivity index (χ1) is 14.0. The van der Waals surface area contributed by atoms with Gasteiger partial charge < -0.3 is 26.7 Å². The number of aromatic nitrogens is 1. The first kappa shape index (κ1) is 22.1. The molecule has 10 heteroatoms. The van der Waals surface area contributed by atoms with Gasteiger partial charge in [-0.05, 0) is 45.1 Å². The molecule has 164 valence electrons. The molecule has 1 aromatic heterocycles. The van der Waals surface area contributed by atoms with Crippen molar-refractivity contribution in [3.8, 4) is 0 Å². The maximum absolute atomic E-state index is 12.9. The topological polar surface area (TPSA) is 146 Å². The number of carbonyl (C=O) groups excluding carboxylic acids is 4. The highest BCUT2D eigenvalue weighted by Crippen LogP contribution is 2.34. The van der Waals surface area contributed by atoms with Crippen LogP contribution in [0.2, 0.25) is 5.02 Å². The van der Waals surface area contributed by atoms with Crippen molar-refractivity contribution in [2.24, 2.45) is 17.6 Å². The third-order valence-corrected chi connectivity index (χ3v) is 5.77. The van der Waals surface area contributed by atoms with Gasteiger partial charge in [0.15, 0.2) is 0 Å². The predicted octanol–water partition coefficient (Wildman–Crippen LogP) is 0.842. The molecule has 1 saturated carbocycles. The zero-order valence-electron chi connectivity index (χ0n) is 17.1. The zero-order chi connectivity index (χ0) is 22.1. The van der Waals surface area contributed by atoms with Gasteiger partial charge in [0.05, 0.1) is 5.02 Å². The van der Waals surface area contributed by atoms with Gasteiger partial charge >= 0.3 is 0 Å². The van der Waals surface area contributed by atoms with Gasteiger partial charge in [0.25, 0.3) is 5.91 Å². The monoisotopic (exact) mass is 437 g/mol. The lowest BCUT2D eigenvalue weighted by Gasteiger charge is -2.23. The van der Waals surface area contributed by atoms with Crippen molar-refractivity contribution < 1.29 is 19.2 Å². The Bertz CT molecular complexity index is 848. The fourth-order valence-electron chi connectivity index (χ4n) is 3.84. The number of carbonyl (C=O) groups is 4. The average Bonchev–Trinajstić information content (AvgIpc) is 3.28. The van der Waals surface area contributed by atoms with Gasteiger partial charge in [0, 0.05) is 17.7 Å². The van der Waals surface area contributed by atoms with E-state index in [-0.39, 0.29) is 23.6 Å². The largest absolute Gasteiger partial charge is 0.368 e. The number of H-pyrrole nitrogens is 1. The number of aromatic amines is 1. The maximum atomic E-state index is 12.9. The molecule has 3 rings (SSSR count). The van der Waals surface area contributed by atoms with Gasteiger partial charge in [-0.15, -0.1) is 0 Å². The van der Waals surface area contributed by atoms with Crippen LogP contribution in [-0.2, 0) is 14.4 Å². The quantitative estimate of drug-likeness (QED) is 0.389. The van der Waals surface area contributed by atoms with Gasteiger partial charge in [-0.3, -0.25) is 19.2 Å². The summed E-state index contributed by atoms with van der Waals surface area (Å²) < 4.78 is 0. The van der Waals surface area contributed by atoms with Crippen molar-refractivity contribution in [1.82, 2.24) is 20.9 Å².